The first-order valence-corrected chi connectivity index (χ1v) is 7.19. The van der Waals surface area contributed by atoms with Gasteiger partial charge in [0.25, 0.3) is 0 Å². The summed E-state index contributed by atoms with van der Waals surface area (Å²) in [5.41, 5.74) is 0.502. The molecular formula is C16H15BrO5. The Morgan fingerprint density at radius 1 is 0.955 bits per heavy atom. The largest absolute Gasteiger partial charge is 0.493 e. The maximum atomic E-state index is 10.6. The van der Waals surface area contributed by atoms with Gasteiger partial charge in [0.15, 0.2) is 0 Å². The van der Waals surface area contributed by atoms with Gasteiger partial charge in [-0.1, -0.05) is 24.3 Å². The number of hydrogen-bond acceptors (Lipinski definition) is 3. The summed E-state index contributed by atoms with van der Waals surface area (Å²) < 4.78 is 5.73. The lowest BCUT2D eigenvalue weighted by Gasteiger charge is -2.05. The summed E-state index contributed by atoms with van der Waals surface area (Å²) in [6, 6.07) is 13.3. The van der Waals surface area contributed by atoms with Crippen molar-refractivity contribution in [1.82, 2.24) is 0 Å². The third-order valence-corrected chi connectivity index (χ3v) is 3.21. The second-order valence-electron chi connectivity index (χ2n) is 4.02. The van der Waals surface area contributed by atoms with Crippen LogP contribution in [0.15, 0.2) is 53.0 Å². The zero-order chi connectivity index (χ0) is 16.5. The van der Waals surface area contributed by atoms with Crippen LogP contribution in [-0.2, 0) is 0 Å². The molecule has 0 saturated heterocycles. The Morgan fingerprint density at radius 3 is 1.91 bits per heavy atom. The molecule has 0 aliphatic carbocycles. The topological polar surface area (TPSA) is 83.8 Å². The number of rotatable bonds is 4. The predicted molar refractivity (Wildman–Crippen MR) is 85.7 cm³/mol. The van der Waals surface area contributed by atoms with Crippen molar-refractivity contribution in [3.05, 3.63) is 64.1 Å². The number of hydrogen-bond donors (Lipinski definition) is 2. The molecule has 0 unspecified atom stereocenters. The fraction of sp³-hybridized carbons (Fsp3) is 0.125. The molecule has 0 fully saturated rings. The lowest BCUT2D eigenvalue weighted by Crippen LogP contribution is -2.01. The quantitative estimate of drug-likeness (QED) is 0.856. The zero-order valence-electron chi connectivity index (χ0n) is 11.8. The van der Waals surface area contributed by atoms with Gasteiger partial charge in [-0.2, -0.15) is 0 Å². The monoisotopic (exact) mass is 366 g/mol. The fourth-order valence-electron chi connectivity index (χ4n) is 1.56. The van der Waals surface area contributed by atoms with Crippen molar-refractivity contribution < 1.29 is 24.5 Å². The van der Waals surface area contributed by atoms with E-state index < -0.39 is 11.9 Å². The van der Waals surface area contributed by atoms with E-state index in [2.05, 4.69) is 15.9 Å². The summed E-state index contributed by atoms with van der Waals surface area (Å²) in [5, 5.41) is 17.2. The van der Waals surface area contributed by atoms with Gasteiger partial charge in [0.2, 0.25) is 0 Å². The molecule has 2 aromatic carbocycles. The molecule has 2 aromatic rings. The van der Waals surface area contributed by atoms with Crippen LogP contribution in [0, 0.1) is 0 Å². The number of benzene rings is 2. The highest BCUT2D eigenvalue weighted by atomic mass is 79.9. The summed E-state index contributed by atoms with van der Waals surface area (Å²) in [5.74, 6) is -1.45. The molecule has 0 aromatic heterocycles. The molecule has 116 valence electrons. The van der Waals surface area contributed by atoms with Crippen LogP contribution in [-0.4, -0.2) is 28.8 Å². The minimum Gasteiger partial charge on any atom is -0.493 e. The summed E-state index contributed by atoms with van der Waals surface area (Å²) >= 11 is 3.12. The van der Waals surface area contributed by atoms with Gasteiger partial charge in [0, 0.05) is 4.47 Å². The fourth-order valence-corrected chi connectivity index (χ4v) is 2.01. The standard InChI is InChI=1S/C9H10O3.C7H5BrO2/c1-2-12-8-6-4-3-5-7(8)9(10)11;8-6-4-2-1-3-5(6)7(9)10/h3-6H,2H2,1H3,(H,10,11);1-4H,(H,9,10). The van der Waals surface area contributed by atoms with Crippen molar-refractivity contribution in [3.63, 3.8) is 0 Å². The normalized spacial score (nSPS) is 9.36. The van der Waals surface area contributed by atoms with Gasteiger partial charge in [-0.05, 0) is 47.1 Å². The number of carboxylic acid groups (broad SMARTS) is 2. The molecule has 0 saturated carbocycles. The minimum atomic E-state index is -0.959. The predicted octanol–water partition coefficient (Wildman–Crippen LogP) is 3.93. The highest BCUT2D eigenvalue weighted by Gasteiger charge is 2.08. The van der Waals surface area contributed by atoms with Crippen LogP contribution in [0.1, 0.15) is 27.6 Å². The highest BCUT2D eigenvalue weighted by molar-refractivity contribution is 9.10. The SMILES string of the molecule is CCOc1ccccc1C(=O)O.O=C(O)c1ccccc1Br. The Kier molecular flexibility index (Phi) is 7.12. The van der Waals surface area contributed by atoms with Gasteiger partial charge in [-0.25, -0.2) is 9.59 Å². The molecule has 0 amide bonds. The maximum absolute atomic E-state index is 10.6. The van der Waals surface area contributed by atoms with E-state index in [-0.39, 0.29) is 5.56 Å². The summed E-state index contributed by atoms with van der Waals surface area (Å²) in [6.45, 7) is 2.29. The first kappa shape index (κ1) is 17.7. The zero-order valence-corrected chi connectivity index (χ0v) is 13.4. The average Bonchev–Trinajstić information content (AvgIpc) is 2.49. The number of halogens is 1. The van der Waals surface area contributed by atoms with Gasteiger partial charge in [0.05, 0.1) is 12.2 Å². The van der Waals surface area contributed by atoms with Crippen molar-refractivity contribution in [2.24, 2.45) is 0 Å². The lowest BCUT2D eigenvalue weighted by atomic mass is 10.2. The van der Waals surface area contributed by atoms with Gasteiger partial charge >= 0.3 is 11.9 Å². The van der Waals surface area contributed by atoms with Gasteiger partial charge < -0.3 is 14.9 Å². The van der Waals surface area contributed by atoms with E-state index in [9.17, 15) is 9.59 Å². The van der Waals surface area contributed by atoms with Crippen LogP contribution in [0.3, 0.4) is 0 Å². The van der Waals surface area contributed by atoms with Crippen molar-refractivity contribution in [2.45, 2.75) is 6.92 Å². The summed E-state index contributed by atoms with van der Waals surface area (Å²) in [4.78, 5) is 21.0. The van der Waals surface area contributed by atoms with Gasteiger partial charge in [-0.15, -0.1) is 0 Å². The molecule has 2 N–H and O–H groups in total. The van der Waals surface area contributed by atoms with Crippen LogP contribution in [0.4, 0.5) is 0 Å². The Bertz CT molecular complexity index is 654. The number of carboxylic acids is 2. The van der Waals surface area contributed by atoms with Crippen LogP contribution in [0.2, 0.25) is 0 Å². The highest BCUT2D eigenvalue weighted by Crippen LogP contribution is 2.17. The molecule has 0 aliphatic rings. The summed E-state index contributed by atoms with van der Waals surface area (Å²) in [7, 11) is 0. The molecule has 0 radical (unpaired) electrons. The Balaban J connectivity index is 0.000000224. The third-order valence-electron chi connectivity index (χ3n) is 2.52. The lowest BCUT2D eigenvalue weighted by molar-refractivity contribution is 0.0683. The van der Waals surface area contributed by atoms with Crippen molar-refractivity contribution in [1.29, 1.82) is 0 Å². The molecule has 0 bridgehead atoms. The van der Waals surface area contributed by atoms with Crippen molar-refractivity contribution in [2.75, 3.05) is 6.61 Å². The number of carbonyl (C=O) groups is 2. The Hall–Kier alpha value is -2.34. The molecule has 0 spiro atoms. The first-order chi connectivity index (χ1) is 10.5. The van der Waals surface area contributed by atoms with Gasteiger partial charge in [-0.3, -0.25) is 0 Å². The third kappa shape index (κ3) is 5.21. The van der Waals surface area contributed by atoms with E-state index in [0.717, 1.165) is 0 Å². The van der Waals surface area contributed by atoms with E-state index in [1.807, 2.05) is 6.92 Å². The van der Waals surface area contributed by atoms with E-state index >= 15 is 0 Å². The molecule has 5 nitrogen and oxygen atoms in total. The first-order valence-electron chi connectivity index (χ1n) is 6.40. The van der Waals surface area contributed by atoms with Gasteiger partial charge in [0.1, 0.15) is 11.3 Å². The second-order valence-corrected chi connectivity index (χ2v) is 4.87. The molecule has 2 rings (SSSR count). The maximum Gasteiger partial charge on any atom is 0.339 e. The van der Waals surface area contributed by atoms with Crippen LogP contribution in [0.25, 0.3) is 0 Å². The van der Waals surface area contributed by atoms with Crippen LogP contribution in [0.5, 0.6) is 5.75 Å². The van der Waals surface area contributed by atoms with Crippen LogP contribution < -0.4 is 4.74 Å². The average molecular weight is 367 g/mol. The molecule has 0 atom stereocenters. The number of aromatic carboxylic acids is 2. The Morgan fingerprint density at radius 2 is 1.45 bits per heavy atom. The van der Waals surface area contributed by atoms with E-state index in [1.165, 1.54) is 6.07 Å². The van der Waals surface area contributed by atoms with E-state index in [1.54, 1.807) is 42.5 Å². The molecule has 0 heterocycles. The van der Waals surface area contributed by atoms with E-state index in [0.29, 0.717) is 22.4 Å². The number of para-hydroxylation sites is 1. The molecular weight excluding hydrogens is 352 g/mol. The Labute approximate surface area is 136 Å². The smallest absolute Gasteiger partial charge is 0.339 e. The molecule has 6 heteroatoms. The molecule has 0 aliphatic heterocycles. The second kappa shape index (κ2) is 8.84. The van der Waals surface area contributed by atoms with Crippen molar-refractivity contribution in [3.8, 4) is 5.75 Å². The van der Waals surface area contributed by atoms with Crippen LogP contribution >= 0.6 is 15.9 Å². The minimum absolute atomic E-state index is 0.208. The molecule has 22 heavy (non-hydrogen) atoms. The van der Waals surface area contributed by atoms with E-state index in [4.69, 9.17) is 14.9 Å². The van der Waals surface area contributed by atoms with Crippen molar-refractivity contribution >= 4 is 27.9 Å². The number of ether oxygens (including phenoxy) is 1. The summed E-state index contributed by atoms with van der Waals surface area (Å²) in [6.07, 6.45) is 0.